The predicted molar refractivity (Wildman–Crippen MR) is 115 cm³/mol. The summed E-state index contributed by atoms with van der Waals surface area (Å²) in [6.07, 6.45) is 1.69. The van der Waals surface area contributed by atoms with Gasteiger partial charge in [-0.1, -0.05) is 0 Å². The molecule has 1 fully saturated rings. The first-order valence-electron chi connectivity index (χ1n) is 10.1. The molecule has 1 N–H and O–H groups in total. The molecule has 2 aromatic rings. The Hall–Kier alpha value is -3.08. The lowest BCUT2D eigenvalue weighted by Gasteiger charge is -2.34. The number of β-amino-alcohol motifs (C(OH)–C–C–N with tert-alkyl or cyclic N) is 1. The van der Waals surface area contributed by atoms with Gasteiger partial charge in [0.25, 0.3) is 5.91 Å². The van der Waals surface area contributed by atoms with Crippen LogP contribution in [0.2, 0.25) is 0 Å². The Morgan fingerprint density at radius 2 is 1.87 bits per heavy atom. The second-order valence-corrected chi connectivity index (χ2v) is 7.39. The Bertz CT molecular complexity index is 962. The molecule has 0 atom stereocenters. The summed E-state index contributed by atoms with van der Waals surface area (Å²) in [7, 11) is 1.64. The number of nitriles is 1. The first-order chi connectivity index (χ1) is 14.5. The van der Waals surface area contributed by atoms with E-state index in [1.54, 1.807) is 18.1 Å². The highest BCUT2D eigenvalue weighted by Crippen LogP contribution is 2.24. The van der Waals surface area contributed by atoms with Gasteiger partial charge in [-0.05, 0) is 55.8 Å². The summed E-state index contributed by atoms with van der Waals surface area (Å²) in [5.41, 5.74) is 3.97. The number of piperazine rings is 1. The minimum atomic E-state index is -0.240. The maximum absolute atomic E-state index is 12.9. The Labute approximate surface area is 177 Å². The van der Waals surface area contributed by atoms with E-state index in [9.17, 15) is 10.1 Å². The number of carbonyl (C=O) groups is 1. The van der Waals surface area contributed by atoms with Crippen LogP contribution in [-0.2, 0) is 4.79 Å². The zero-order valence-corrected chi connectivity index (χ0v) is 17.8. The van der Waals surface area contributed by atoms with E-state index in [1.807, 2.05) is 44.2 Å². The average molecular weight is 409 g/mol. The van der Waals surface area contributed by atoms with Crippen molar-refractivity contribution in [1.82, 2.24) is 14.4 Å². The number of amides is 1. The fourth-order valence-corrected chi connectivity index (χ4v) is 3.85. The molecule has 0 radical (unpaired) electrons. The lowest BCUT2D eigenvalue weighted by atomic mass is 10.1. The quantitative estimate of drug-likeness (QED) is 0.585. The van der Waals surface area contributed by atoms with Gasteiger partial charge in [0.2, 0.25) is 0 Å². The smallest absolute Gasteiger partial charge is 0.264 e. The largest absolute Gasteiger partial charge is 0.497 e. The van der Waals surface area contributed by atoms with Crippen LogP contribution < -0.4 is 4.74 Å². The minimum Gasteiger partial charge on any atom is -0.497 e. The van der Waals surface area contributed by atoms with Crippen LogP contribution >= 0.6 is 0 Å². The zero-order chi connectivity index (χ0) is 21.7. The second-order valence-electron chi connectivity index (χ2n) is 7.39. The van der Waals surface area contributed by atoms with Gasteiger partial charge in [-0.15, -0.1) is 0 Å². The number of methoxy groups -OCH3 is 1. The Morgan fingerprint density at radius 1 is 1.20 bits per heavy atom. The maximum Gasteiger partial charge on any atom is 0.264 e. The first kappa shape index (κ1) is 21.6. The number of hydrogen-bond donors (Lipinski definition) is 1. The number of ether oxygens (including phenoxy) is 1. The van der Waals surface area contributed by atoms with Crippen LogP contribution in [0.1, 0.15) is 17.0 Å². The highest BCUT2D eigenvalue weighted by molar-refractivity contribution is 6.01. The number of hydrogen-bond acceptors (Lipinski definition) is 5. The van der Waals surface area contributed by atoms with Crippen molar-refractivity contribution in [2.75, 3.05) is 46.4 Å². The summed E-state index contributed by atoms with van der Waals surface area (Å²) < 4.78 is 7.33. The van der Waals surface area contributed by atoms with Gasteiger partial charge in [0, 0.05) is 49.8 Å². The fourth-order valence-electron chi connectivity index (χ4n) is 3.85. The summed E-state index contributed by atoms with van der Waals surface area (Å²) in [5.74, 6) is 0.549. The number of benzene rings is 1. The molecule has 1 saturated heterocycles. The number of nitrogens with zero attached hydrogens (tertiary/aromatic N) is 4. The van der Waals surface area contributed by atoms with Crippen LogP contribution in [0.3, 0.4) is 0 Å². The van der Waals surface area contributed by atoms with Crippen LogP contribution in [0.4, 0.5) is 0 Å². The van der Waals surface area contributed by atoms with E-state index in [0.29, 0.717) is 32.7 Å². The van der Waals surface area contributed by atoms with Crippen LogP contribution in [0.25, 0.3) is 11.8 Å². The van der Waals surface area contributed by atoms with Gasteiger partial charge in [0.05, 0.1) is 13.7 Å². The minimum absolute atomic E-state index is 0.112. The van der Waals surface area contributed by atoms with Gasteiger partial charge in [0.15, 0.2) is 0 Å². The van der Waals surface area contributed by atoms with Crippen LogP contribution in [0.15, 0.2) is 35.9 Å². The third-order valence-corrected chi connectivity index (χ3v) is 5.53. The van der Waals surface area contributed by atoms with Crippen molar-refractivity contribution in [3.63, 3.8) is 0 Å². The van der Waals surface area contributed by atoms with Gasteiger partial charge >= 0.3 is 0 Å². The zero-order valence-electron chi connectivity index (χ0n) is 17.8. The van der Waals surface area contributed by atoms with E-state index in [0.717, 1.165) is 28.4 Å². The van der Waals surface area contributed by atoms with Crippen molar-refractivity contribution < 1.29 is 14.6 Å². The SMILES string of the molecule is COc1ccc(-n2c(C)cc(/C=C(/C#N)C(=O)N3CCN(CCO)CC3)c2C)cc1. The molecule has 1 aliphatic heterocycles. The molecule has 158 valence electrons. The van der Waals surface area contributed by atoms with Crippen molar-refractivity contribution in [3.8, 4) is 17.5 Å². The van der Waals surface area contributed by atoms with E-state index in [1.165, 1.54) is 0 Å². The summed E-state index contributed by atoms with van der Waals surface area (Å²) in [4.78, 5) is 16.7. The average Bonchev–Trinajstić information content (AvgIpc) is 3.05. The molecule has 30 heavy (non-hydrogen) atoms. The van der Waals surface area contributed by atoms with E-state index in [2.05, 4.69) is 15.5 Å². The molecular formula is C23H28N4O3. The molecule has 0 bridgehead atoms. The van der Waals surface area contributed by atoms with Gasteiger partial charge < -0.3 is 19.3 Å². The lowest BCUT2D eigenvalue weighted by molar-refractivity contribution is -0.128. The topological polar surface area (TPSA) is 81.7 Å². The summed E-state index contributed by atoms with van der Waals surface area (Å²) in [5, 5.41) is 18.7. The van der Waals surface area contributed by atoms with E-state index in [-0.39, 0.29) is 18.1 Å². The van der Waals surface area contributed by atoms with Crippen molar-refractivity contribution in [2.24, 2.45) is 0 Å². The molecule has 0 saturated carbocycles. The molecule has 1 aromatic carbocycles. The van der Waals surface area contributed by atoms with E-state index < -0.39 is 0 Å². The molecule has 0 spiro atoms. The van der Waals surface area contributed by atoms with Gasteiger partial charge in [0.1, 0.15) is 17.4 Å². The number of aliphatic hydroxyl groups is 1. The predicted octanol–water partition coefficient (Wildman–Crippen LogP) is 2.15. The molecule has 0 aliphatic carbocycles. The number of aromatic nitrogens is 1. The number of rotatable bonds is 6. The Balaban J connectivity index is 1.82. The van der Waals surface area contributed by atoms with Gasteiger partial charge in [-0.2, -0.15) is 5.26 Å². The number of carbonyl (C=O) groups excluding carboxylic acids is 1. The lowest BCUT2D eigenvalue weighted by Crippen LogP contribution is -2.49. The molecule has 1 aromatic heterocycles. The van der Waals surface area contributed by atoms with Gasteiger partial charge in [-0.3, -0.25) is 9.69 Å². The van der Waals surface area contributed by atoms with Crippen molar-refractivity contribution >= 4 is 12.0 Å². The summed E-state index contributed by atoms with van der Waals surface area (Å²) in [6, 6.07) is 11.9. The summed E-state index contributed by atoms with van der Waals surface area (Å²) >= 11 is 0. The fraction of sp³-hybridized carbons (Fsp3) is 0.391. The van der Waals surface area contributed by atoms with E-state index >= 15 is 0 Å². The van der Waals surface area contributed by atoms with Crippen molar-refractivity contribution in [2.45, 2.75) is 13.8 Å². The second kappa shape index (κ2) is 9.61. The molecular weight excluding hydrogens is 380 g/mol. The third-order valence-electron chi connectivity index (χ3n) is 5.53. The molecule has 3 rings (SSSR count). The van der Waals surface area contributed by atoms with Crippen LogP contribution in [0.5, 0.6) is 5.75 Å². The monoisotopic (exact) mass is 408 g/mol. The highest BCUT2D eigenvalue weighted by atomic mass is 16.5. The molecule has 1 amide bonds. The third kappa shape index (κ3) is 4.56. The molecule has 7 heteroatoms. The molecule has 1 aliphatic rings. The van der Waals surface area contributed by atoms with Gasteiger partial charge in [-0.25, -0.2) is 0 Å². The van der Waals surface area contributed by atoms with E-state index in [4.69, 9.17) is 9.84 Å². The van der Waals surface area contributed by atoms with Crippen LogP contribution in [0, 0.1) is 25.2 Å². The Morgan fingerprint density at radius 3 is 2.43 bits per heavy atom. The highest BCUT2D eigenvalue weighted by Gasteiger charge is 2.24. The Kier molecular flexibility index (Phi) is 6.93. The number of aryl methyl sites for hydroxylation is 1. The summed E-state index contributed by atoms with van der Waals surface area (Å²) in [6.45, 7) is 7.24. The van der Waals surface area contributed by atoms with Crippen molar-refractivity contribution in [1.29, 1.82) is 5.26 Å². The molecule has 0 unspecified atom stereocenters. The standard InChI is InChI=1S/C23H28N4O3/c1-17-14-19(18(2)27(17)21-4-6-22(30-3)7-5-21)15-20(16-24)23(29)26-10-8-25(9-11-26)12-13-28/h4-7,14-15,28H,8-13H2,1-3H3/b20-15-. The number of aliphatic hydroxyl groups excluding tert-OH is 1. The maximum atomic E-state index is 12.9. The molecule has 2 heterocycles. The normalized spacial score (nSPS) is 15.2. The van der Waals surface area contributed by atoms with Crippen LogP contribution in [-0.4, -0.2) is 71.8 Å². The first-order valence-corrected chi connectivity index (χ1v) is 10.1. The molecule has 7 nitrogen and oxygen atoms in total. The van der Waals surface area contributed by atoms with Crippen molar-refractivity contribution in [3.05, 3.63) is 52.9 Å².